The first-order valence-electron chi connectivity index (χ1n) is 9.65. The Morgan fingerprint density at radius 1 is 0.710 bits per heavy atom. The fourth-order valence-electron chi connectivity index (χ4n) is 4.10. The molecular formula is C26H15F3N2. The zero-order valence-corrected chi connectivity index (χ0v) is 16.2. The summed E-state index contributed by atoms with van der Waals surface area (Å²) < 4.78 is 43.3. The monoisotopic (exact) mass is 412 g/mol. The quantitative estimate of drug-likeness (QED) is 0.260. The number of rotatable bonds is 2. The van der Waals surface area contributed by atoms with Gasteiger partial charge in [-0.2, -0.15) is 13.2 Å². The Bertz CT molecular complexity index is 1430. The van der Waals surface area contributed by atoms with Crippen molar-refractivity contribution in [1.29, 1.82) is 0 Å². The molecule has 0 aliphatic rings. The van der Waals surface area contributed by atoms with Gasteiger partial charge in [-0.25, -0.2) is 4.85 Å². The van der Waals surface area contributed by atoms with Crippen LogP contribution in [0, 0.1) is 6.57 Å². The minimum absolute atomic E-state index is 0.0328. The second kappa shape index (κ2) is 7.03. The number of halogens is 3. The number of aromatic nitrogens is 1. The molecule has 5 aromatic rings. The average Bonchev–Trinajstić information content (AvgIpc) is 3.13. The highest BCUT2D eigenvalue weighted by Gasteiger charge is 2.33. The predicted molar refractivity (Wildman–Crippen MR) is 117 cm³/mol. The third-order valence-electron chi connectivity index (χ3n) is 5.43. The van der Waals surface area contributed by atoms with Crippen LogP contribution < -0.4 is 0 Å². The minimum atomic E-state index is -4.56. The molecule has 0 unspecified atom stereocenters. The lowest BCUT2D eigenvalue weighted by atomic mass is 9.98. The fourth-order valence-corrected chi connectivity index (χ4v) is 4.10. The van der Waals surface area contributed by atoms with E-state index >= 15 is 0 Å². The summed E-state index contributed by atoms with van der Waals surface area (Å²) in [5.41, 5.74) is 2.42. The molecule has 5 rings (SSSR count). The van der Waals surface area contributed by atoms with Crippen LogP contribution in [0.2, 0.25) is 0 Å². The smallest absolute Gasteiger partial charge is 0.309 e. The predicted octanol–water partition coefficient (Wildman–Crippen LogP) is 8.02. The summed E-state index contributed by atoms with van der Waals surface area (Å²) in [7, 11) is 0. The first-order chi connectivity index (χ1) is 15.0. The zero-order valence-electron chi connectivity index (χ0n) is 16.2. The third kappa shape index (κ3) is 3.13. The number of hydrogen-bond donors (Lipinski definition) is 0. The maximum absolute atomic E-state index is 13.7. The van der Waals surface area contributed by atoms with E-state index in [-0.39, 0.29) is 11.3 Å². The number of alkyl halides is 3. The van der Waals surface area contributed by atoms with E-state index in [9.17, 15) is 13.2 Å². The van der Waals surface area contributed by atoms with Gasteiger partial charge in [0.25, 0.3) is 0 Å². The summed E-state index contributed by atoms with van der Waals surface area (Å²) in [5, 5.41) is 2.17. The first-order valence-corrected chi connectivity index (χ1v) is 9.65. The number of fused-ring (bicyclic) bond motifs is 3. The molecule has 0 spiro atoms. The van der Waals surface area contributed by atoms with E-state index in [1.165, 1.54) is 12.1 Å². The van der Waals surface area contributed by atoms with Gasteiger partial charge in [0.05, 0.1) is 23.2 Å². The number of nitrogens with zero attached hydrogens (tertiary/aromatic N) is 2. The van der Waals surface area contributed by atoms with Crippen molar-refractivity contribution >= 4 is 27.5 Å². The molecule has 0 saturated carbocycles. The molecule has 2 nitrogen and oxygen atoms in total. The topological polar surface area (TPSA) is 9.29 Å². The summed E-state index contributed by atoms with van der Waals surface area (Å²) in [6.45, 7) is 7.06. The van der Waals surface area contributed by atoms with E-state index < -0.39 is 11.7 Å². The molecule has 5 heteroatoms. The third-order valence-corrected chi connectivity index (χ3v) is 5.43. The molecule has 0 amide bonds. The van der Waals surface area contributed by atoms with Gasteiger partial charge >= 0.3 is 6.18 Å². The Morgan fingerprint density at radius 3 is 1.97 bits per heavy atom. The molecule has 0 radical (unpaired) electrons. The summed E-state index contributed by atoms with van der Waals surface area (Å²) in [6.07, 6.45) is -4.56. The molecule has 0 bridgehead atoms. The molecule has 0 aliphatic carbocycles. The summed E-state index contributed by atoms with van der Waals surface area (Å²) >= 11 is 0. The Kier molecular flexibility index (Phi) is 4.30. The Labute approximate surface area is 176 Å². The van der Waals surface area contributed by atoms with Crippen LogP contribution in [0.5, 0.6) is 0 Å². The standard InChI is InChI=1S/C26H15F3N2/c1-30-18-13-14-20(23(16-18)26(27,28)29)17-7-6-8-19(15-17)31-24-11-4-2-9-21(24)22-10-3-5-12-25(22)31/h2-16H. The number of benzene rings is 4. The van der Waals surface area contributed by atoms with E-state index in [1.54, 1.807) is 18.2 Å². The molecule has 150 valence electrons. The molecule has 0 atom stereocenters. The molecule has 0 saturated heterocycles. The highest BCUT2D eigenvalue weighted by atomic mass is 19.4. The van der Waals surface area contributed by atoms with Crippen molar-refractivity contribution in [2.75, 3.05) is 0 Å². The van der Waals surface area contributed by atoms with Crippen LogP contribution in [-0.2, 0) is 6.18 Å². The fraction of sp³-hybridized carbons (Fsp3) is 0.0385. The van der Waals surface area contributed by atoms with Crippen LogP contribution in [-0.4, -0.2) is 4.57 Å². The van der Waals surface area contributed by atoms with E-state index in [0.29, 0.717) is 5.56 Å². The van der Waals surface area contributed by atoms with Gasteiger partial charge in [0.1, 0.15) is 0 Å². The largest absolute Gasteiger partial charge is 0.415 e. The SMILES string of the molecule is [C-]#[N+]c1ccc(-c2cccc(-n3c4ccccc4c4ccccc43)c2)c(C(F)(F)F)c1. The molecule has 4 aromatic carbocycles. The van der Waals surface area contributed by atoms with Crippen LogP contribution in [0.15, 0.2) is 91.0 Å². The highest BCUT2D eigenvalue weighted by Crippen LogP contribution is 2.40. The van der Waals surface area contributed by atoms with E-state index in [2.05, 4.69) is 9.41 Å². The summed E-state index contributed by atoms with van der Waals surface area (Å²) in [6, 6.07) is 26.8. The lowest BCUT2D eigenvalue weighted by Crippen LogP contribution is -2.07. The van der Waals surface area contributed by atoms with Crippen molar-refractivity contribution in [3.05, 3.63) is 108 Å². The van der Waals surface area contributed by atoms with Crippen molar-refractivity contribution in [2.45, 2.75) is 6.18 Å². The van der Waals surface area contributed by atoms with Crippen LogP contribution >= 0.6 is 0 Å². The van der Waals surface area contributed by atoms with E-state index in [1.807, 2.05) is 54.6 Å². The van der Waals surface area contributed by atoms with Gasteiger partial charge in [0, 0.05) is 16.5 Å². The molecule has 0 aliphatic heterocycles. The maximum atomic E-state index is 13.7. The van der Waals surface area contributed by atoms with Gasteiger partial charge < -0.3 is 4.57 Å². The second-order valence-electron chi connectivity index (χ2n) is 7.26. The van der Waals surface area contributed by atoms with Crippen molar-refractivity contribution in [1.82, 2.24) is 4.57 Å². The Morgan fingerprint density at radius 2 is 1.35 bits per heavy atom. The lowest BCUT2D eigenvalue weighted by Gasteiger charge is -2.15. The Balaban J connectivity index is 1.77. The lowest BCUT2D eigenvalue weighted by molar-refractivity contribution is -0.137. The van der Waals surface area contributed by atoms with Gasteiger partial charge in [-0.15, -0.1) is 0 Å². The van der Waals surface area contributed by atoms with Crippen LogP contribution in [0.1, 0.15) is 5.56 Å². The summed E-state index contributed by atoms with van der Waals surface area (Å²) in [4.78, 5) is 3.15. The Hall–Kier alpha value is -4.04. The van der Waals surface area contributed by atoms with Crippen molar-refractivity contribution in [3.63, 3.8) is 0 Å². The maximum Gasteiger partial charge on any atom is 0.415 e. The molecule has 1 aromatic heterocycles. The zero-order chi connectivity index (χ0) is 21.6. The van der Waals surface area contributed by atoms with E-state index in [0.717, 1.165) is 33.6 Å². The van der Waals surface area contributed by atoms with E-state index in [4.69, 9.17) is 6.57 Å². The molecule has 0 N–H and O–H groups in total. The average molecular weight is 412 g/mol. The molecule has 31 heavy (non-hydrogen) atoms. The van der Waals surface area contributed by atoms with Crippen LogP contribution in [0.4, 0.5) is 18.9 Å². The normalized spacial score (nSPS) is 11.7. The van der Waals surface area contributed by atoms with Gasteiger partial charge in [-0.1, -0.05) is 60.7 Å². The van der Waals surface area contributed by atoms with Gasteiger partial charge in [0.2, 0.25) is 0 Å². The van der Waals surface area contributed by atoms with Crippen LogP contribution in [0.25, 0.3) is 43.5 Å². The molecule has 1 heterocycles. The minimum Gasteiger partial charge on any atom is -0.309 e. The van der Waals surface area contributed by atoms with Crippen molar-refractivity contribution < 1.29 is 13.2 Å². The molecule has 0 fully saturated rings. The number of hydrogen-bond acceptors (Lipinski definition) is 0. The van der Waals surface area contributed by atoms with Gasteiger partial charge in [-0.05, 0) is 41.5 Å². The highest BCUT2D eigenvalue weighted by molar-refractivity contribution is 6.09. The van der Waals surface area contributed by atoms with Gasteiger partial charge in [0.15, 0.2) is 5.69 Å². The first kappa shape index (κ1) is 19.0. The molecular weight excluding hydrogens is 397 g/mol. The van der Waals surface area contributed by atoms with Gasteiger partial charge in [-0.3, -0.25) is 0 Å². The van der Waals surface area contributed by atoms with Crippen molar-refractivity contribution in [2.24, 2.45) is 0 Å². The number of para-hydroxylation sites is 2. The summed E-state index contributed by atoms with van der Waals surface area (Å²) in [5.74, 6) is 0. The van der Waals surface area contributed by atoms with Crippen LogP contribution in [0.3, 0.4) is 0 Å². The second-order valence-corrected chi connectivity index (χ2v) is 7.26. The van der Waals surface area contributed by atoms with Crippen molar-refractivity contribution in [3.8, 4) is 16.8 Å².